The van der Waals surface area contributed by atoms with Crippen LogP contribution in [0.25, 0.3) is 11.3 Å². The van der Waals surface area contributed by atoms with Crippen LogP contribution in [0, 0.1) is 11.3 Å². The maximum absolute atomic E-state index is 13.3. The summed E-state index contributed by atoms with van der Waals surface area (Å²) < 4.78 is 39.8. The monoisotopic (exact) mass is 323 g/mol. The number of nitrogen functional groups attached to an aromatic ring is 2. The molecular weight excluding hydrogens is 314 g/mol. The number of alkyl halides is 3. The Morgan fingerprint density at radius 3 is 2.35 bits per heavy atom. The number of aromatic nitrogens is 2. The molecule has 118 valence electrons. The first-order chi connectivity index (χ1) is 10.6. The molecule has 0 atom stereocenters. The molecule has 0 saturated heterocycles. The number of benzene rings is 1. The van der Waals surface area contributed by atoms with Crippen LogP contribution in [0.3, 0.4) is 0 Å². The van der Waals surface area contributed by atoms with Crippen LogP contribution in [0.4, 0.5) is 24.9 Å². The summed E-state index contributed by atoms with van der Waals surface area (Å²) in [5.74, 6) is -0.745. The fourth-order valence-corrected chi connectivity index (χ4v) is 1.96. The molecule has 0 aliphatic rings. The smallest absolute Gasteiger partial charge is 0.423 e. The summed E-state index contributed by atoms with van der Waals surface area (Å²) >= 11 is 0. The van der Waals surface area contributed by atoms with Gasteiger partial charge in [-0.3, -0.25) is 0 Å². The number of nitriles is 1. The fraction of sp³-hybridized carbons (Fsp3) is 0.0833. The Labute approximate surface area is 128 Å². The third kappa shape index (κ3) is 3.18. The second kappa shape index (κ2) is 5.75. The van der Waals surface area contributed by atoms with Crippen LogP contribution >= 0.6 is 0 Å². The van der Waals surface area contributed by atoms with Crippen LogP contribution in [-0.4, -0.2) is 27.1 Å². The van der Waals surface area contributed by atoms with Crippen LogP contribution in [0.5, 0.6) is 0 Å². The van der Waals surface area contributed by atoms with Gasteiger partial charge in [-0.15, -0.1) is 0 Å². The zero-order valence-corrected chi connectivity index (χ0v) is 11.3. The highest BCUT2D eigenvalue weighted by Crippen LogP contribution is 2.37. The molecule has 0 unspecified atom stereocenters. The highest BCUT2D eigenvalue weighted by Gasteiger charge is 2.36. The van der Waals surface area contributed by atoms with E-state index in [0.29, 0.717) is 6.07 Å². The van der Waals surface area contributed by atoms with Crippen molar-refractivity contribution in [3.63, 3.8) is 0 Å². The van der Waals surface area contributed by atoms with Crippen LogP contribution in [0.1, 0.15) is 11.1 Å². The zero-order chi connectivity index (χ0) is 17.4. The summed E-state index contributed by atoms with van der Waals surface area (Å²) in [6, 6.07) is 4.20. The second-order valence-electron chi connectivity index (χ2n) is 4.48. The van der Waals surface area contributed by atoms with Crippen molar-refractivity contribution in [1.29, 1.82) is 5.26 Å². The summed E-state index contributed by atoms with van der Waals surface area (Å²) in [5.41, 5.74) is 8.08. The van der Waals surface area contributed by atoms with Crippen LogP contribution < -0.4 is 16.9 Å². The summed E-state index contributed by atoms with van der Waals surface area (Å²) in [5, 5.41) is 27.1. The molecule has 0 aliphatic carbocycles. The van der Waals surface area contributed by atoms with Crippen molar-refractivity contribution in [3.8, 4) is 17.3 Å². The molecule has 0 bridgehead atoms. The minimum Gasteiger partial charge on any atom is -0.423 e. The van der Waals surface area contributed by atoms with Gasteiger partial charge < -0.3 is 21.5 Å². The maximum atomic E-state index is 13.3. The topological polar surface area (TPSA) is 142 Å². The molecule has 1 aromatic heterocycles. The lowest BCUT2D eigenvalue weighted by atomic mass is 9.78. The average molecular weight is 323 g/mol. The normalized spacial score (nSPS) is 11.1. The molecule has 0 fully saturated rings. The molecule has 11 heteroatoms. The predicted octanol–water partition coefficient (Wildman–Crippen LogP) is -0.122. The number of hydrogen-bond donors (Lipinski definition) is 4. The van der Waals surface area contributed by atoms with Gasteiger partial charge in [0.05, 0.1) is 11.3 Å². The molecule has 2 rings (SSSR count). The minimum atomic E-state index is -4.83. The SMILES string of the molecule is N#Cc1c(N)nc(N)nc1-c1ccc(B(O)O)cc1C(F)(F)F. The lowest BCUT2D eigenvalue weighted by Crippen LogP contribution is -2.31. The Balaban J connectivity index is 2.82. The number of halogens is 3. The Bertz CT molecular complexity index is 805. The molecule has 0 amide bonds. The zero-order valence-electron chi connectivity index (χ0n) is 11.3. The molecule has 2 aromatic rings. The number of nitrogens with zero attached hydrogens (tertiary/aromatic N) is 3. The summed E-state index contributed by atoms with van der Waals surface area (Å²) in [6.07, 6.45) is -4.83. The molecule has 0 saturated carbocycles. The quantitative estimate of drug-likeness (QED) is 0.564. The maximum Gasteiger partial charge on any atom is 0.488 e. The van der Waals surface area contributed by atoms with Gasteiger partial charge in [-0.2, -0.15) is 23.4 Å². The Kier molecular flexibility index (Phi) is 4.13. The van der Waals surface area contributed by atoms with E-state index >= 15 is 0 Å². The summed E-state index contributed by atoms with van der Waals surface area (Å²) in [6.45, 7) is 0. The Hall–Kier alpha value is -2.84. The van der Waals surface area contributed by atoms with Gasteiger partial charge in [0, 0.05) is 5.56 Å². The number of anilines is 2. The number of hydrogen-bond acceptors (Lipinski definition) is 7. The van der Waals surface area contributed by atoms with E-state index < -0.39 is 30.4 Å². The van der Waals surface area contributed by atoms with Gasteiger partial charge in [-0.25, -0.2) is 4.98 Å². The van der Waals surface area contributed by atoms with E-state index in [2.05, 4.69) is 9.97 Å². The van der Waals surface area contributed by atoms with Crippen molar-refractivity contribution in [2.24, 2.45) is 0 Å². The molecule has 1 heterocycles. The number of rotatable bonds is 2. The Morgan fingerprint density at radius 1 is 1.17 bits per heavy atom. The molecule has 6 N–H and O–H groups in total. The summed E-state index contributed by atoms with van der Waals surface area (Å²) in [7, 11) is -2.08. The van der Waals surface area contributed by atoms with E-state index in [1.165, 1.54) is 0 Å². The van der Waals surface area contributed by atoms with Crippen molar-refractivity contribution in [2.45, 2.75) is 6.18 Å². The number of nitrogens with two attached hydrogens (primary N) is 2. The first-order valence-electron chi connectivity index (χ1n) is 6.06. The molecule has 0 aliphatic heterocycles. The van der Waals surface area contributed by atoms with Gasteiger partial charge in [0.2, 0.25) is 5.95 Å². The fourth-order valence-electron chi connectivity index (χ4n) is 1.96. The molecule has 1 aromatic carbocycles. The molecule has 23 heavy (non-hydrogen) atoms. The largest absolute Gasteiger partial charge is 0.488 e. The van der Waals surface area contributed by atoms with E-state index in [1.54, 1.807) is 6.07 Å². The van der Waals surface area contributed by atoms with Crippen molar-refractivity contribution >= 4 is 24.3 Å². The minimum absolute atomic E-state index is 0.352. The molecule has 7 nitrogen and oxygen atoms in total. The molecule has 0 spiro atoms. The van der Waals surface area contributed by atoms with Gasteiger partial charge in [-0.1, -0.05) is 12.1 Å². The van der Waals surface area contributed by atoms with Gasteiger partial charge >= 0.3 is 13.3 Å². The standard InChI is InChI=1S/C12H9BF3N5O2/c14-12(15,16)8-3-5(13(22)23)1-2-6(8)9-7(4-17)10(18)21-11(19)20-9/h1-3,22-23H,(H4,18,19,20,21). The average Bonchev–Trinajstić information content (AvgIpc) is 2.44. The highest BCUT2D eigenvalue weighted by atomic mass is 19.4. The van der Waals surface area contributed by atoms with E-state index in [9.17, 15) is 13.2 Å². The van der Waals surface area contributed by atoms with E-state index in [4.69, 9.17) is 26.8 Å². The third-order valence-corrected chi connectivity index (χ3v) is 2.97. The van der Waals surface area contributed by atoms with E-state index in [1.807, 2.05) is 0 Å². The van der Waals surface area contributed by atoms with Crippen molar-refractivity contribution in [1.82, 2.24) is 9.97 Å². The van der Waals surface area contributed by atoms with E-state index in [0.717, 1.165) is 12.1 Å². The lowest BCUT2D eigenvalue weighted by molar-refractivity contribution is -0.137. The first kappa shape index (κ1) is 16.5. The molecular formula is C12H9BF3N5O2. The second-order valence-corrected chi connectivity index (χ2v) is 4.48. The van der Waals surface area contributed by atoms with Gasteiger partial charge in [-0.05, 0) is 11.5 Å². The van der Waals surface area contributed by atoms with Crippen molar-refractivity contribution in [3.05, 3.63) is 29.3 Å². The van der Waals surface area contributed by atoms with Gasteiger partial charge in [0.25, 0.3) is 0 Å². The van der Waals surface area contributed by atoms with Gasteiger partial charge in [0.1, 0.15) is 17.5 Å². The van der Waals surface area contributed by atoms with Crippen molar-refractivity contribution in [2.75, 3.05) is 11.5 Å². The molecule has 0 radical (unpaired) electrons. The lowest BCUT2D eigenvalue weighted by Gasteiger charge is -2.15. The summed E-state index contributed by atoms with van der Waals surface area (Å²) in [4.78, 5) is 7.19. The first-order valence-corrected chi connectivity index (χ1v) is 6.06. The van der Waals surface area contributed by atoms with Crippen LogP contribution in [0.15, 0.2) is 18.2 Å². The van der Waals surface area contributed by atoms with Gasteiger partial charge in [0.15, 0.2) is 0 Å². The Morgan fingerprint density at radius 2 is 1.83 bits per heavy atom. The third-order valence-electron chi connectivity index (χ3n) is 2.97. The predicted molar refractivity (Wildman–Crippen MR) is 75.8 cm³/mol. The van der Waals surface area contributed by atoms with Crippen LogP contribution in [-0.2, 0) is 6.18 Å². The van der Waals surface area contributed by atoms with E-state index in [-0.39, 0.29) is 22.5 Å². The van der Waals surface area contributed by atoms with Crippen LogP contribution in [0.2, 0.25) is 0 Å². The highest BCUT2D eigenvalue weighted by molar-refractivity contribution is 6.58. The van der Waals surface area contributed by atoms with Crippen molar-refractivity contribution < 1.29 is 23.2 Å².